The Morgan fingerprint density at radius 1 is 1.35 bits per heavy atom. The van der Waals surface area contributed by atoms with Gasteiger partial charge in [0.05, 0.1) is 13.2 Å². The van der Waals surface area contributed by atoms with Crippen molar-refractivity contribution in [3.63, 3.8) is 0 Å². The minimum Gasteiger partial charge on any atom is -0.494 e. The van der Waals surface area contributed by atoms with Crippen LogP contribution in [0.5, 0.6) is 5.75 Å². The van der Waals surface area contributed by atoms with Crippen molar-refractivity contribution >= 4 is 23.5 Å². The normalized spacial score (nSPS) is 21.6. The van der Waals surface area contributed by atoms with Crippen LogP contribution in [-0.2, 0) is 25.5 Å². The average molecular weight is 362 g/mol. The summed E-state index contributed by atoms with van der Waals surface area (Å²) in [6.45, 7) is 0.667. The van der Waals surface area contributed by atoms with E-state index < -0.39 is 11.5 Å². The van der Waals surface area contributed by atoms with Gasteiger partial charge in [-0.2, -0.15) is 0 Å². The largest absolute Gasteiger partial charge is 0.494 e. The predicted molar refractivity (Wildman–Crippen MR) is 92.1 cm³/mol. The zero-order chi connectivity index (χ0) is 18.6. The van der Waals surface area contributed by atoms with E-state index in [9.17, 15) is 19.5 Å². The number of aliphatic carboxylic acids is 1. The van der Waals surface area contributed by atoms with Crippen LogP contribution in [0.3, 0.4) is 0 Å². The average Bonchev–Trinajstić information content (AvgIpc) is 3.08. The molecular formula is C18H22N2O6. The van der Waals surface area contributed by atoms with Crippen molar-refractivity contribution < 1.29 is 29.0 Å². The fraction of sp³-hybridized carbons (Fsp3) is 0.500. The summed E-state index contributed by atoms with van der Waals surface area (Å²) in [4.78, 5) is 34.7. The molecule has 1 atom stereocenters. The number of aryl methyl sites for hydroxylation is 1. The molecule has 0 spiro atoms. The third-order valence-corrected chi connectivity index (χ3v) is 4.60. The Morgan fingerprint density at radius 2 is 2.19 bits per heavy atom. The van der Waals surface area contributed by atoms with Crippen molar-refractivity contribution in [2.45, 2.75) is 37.6 Å². The predicted octanol–water partition coefficient (Wildman–Crippen LogP) is 1.09. The molecule has 140 valence electrons. The first kappa shape index (κ1) is 18.2. The minimum absolute atomic E-state index is 0.00373. The number of hydrogen-bond donors (Lipinski definition) is 3. The van der Waals surface area contributed by atoms with Crippen LogP contribution in [-0.4, -0.2) is 48.2 Å². The molecule has 2 aliphatic heterocycles. The number of benzene rings is 1. The van der Waals surface area contributed by atoms with Crippen LogP contribution >= 0.6 is 0 Å². The molecule has 3 rings (SSSR count). The second kappa shape index (κ2) is 7.74. The van der Waals surface area contributed by atoms with Gasteiger partial charge >= 0.3 is 5.97 Å². The molecule has 26 heavy (non-hydrogen) atoms. The van der Waals surface area contributed by atoms with Crippen molar-refractivity contribution in [1.82, 2.24) is 5.32 Å². The van der Waals surface area contributed by atoms with Gasteiger partial charge in [0.25, 0.3) is 0 Å². The van der Waals surface area contributed by atoms with Gasteiger partial charge in [-0.05, 0) is 36.6 Å². The number of rotatable bonds is 7. The van der Waals surface area contributed by atoms with Crippen molar-refractivity contribution in [3.05, 3.63) is 23.8 Å². The number of hydrogen-bond acceptors (Lipinski definition) is 5. The highest BCUT2D eigenvalue weighted by molar-refractivity contribution is 5.94. The van der Waals surface area contributed by atoms with Crippen LogP contribution in [0.4, 0.5) is 5.69 Å². The van der Waals surface area contributed by atoms with Gasteiger partial charge in [-0.3, -0.25) is 9.59 Å². The number of carbonyl (C=O) groups is 3. The van der Waals surface area contributed by atoms with E-state index >= 15 is 0 Å². The van der Waals surface area contributed by atoms with Gasteiger partial charge in [-0.25, -0.2) is 4.79 Å². The zero-order valence-electron chi connectivity index (χ0n) is 14.4. The molecule has 1 aromatic rings. The molecule has 0 saturated carbocycles. The molecule has 2 amide bonds. The topological polar surface area (TPSA) is 114 Å². The first-order valence-electron chi connectivity index (χ1n) is 8.66. The molecule has 1 saturated heterocycles. The fourth-order valence-electron chi connectivity index (χ4n) is 3.09. The summed E-state index contributed by atoms with van der Waals surface area (Å²) in [6.07, 6.45) is 2.06. The SMILES string of the molecule is O=C1CCc2cc(OCCCC(=O)NC3(C(=O)O)CCOC3)ccc2N1. The Kier molecular flexibility index (Phi) is 5.41. The summed E-state index contributed by atoms with van der Waals surface area (Å²) < 4.78 is 10.8. The van der Waals surface area contributed by atoms with E-state index in [1.165, 1.54) is 0 Å². The lowest BCUT2D eigenvalue weighted by molar-refractivity contribution is -0.147. The molecular weight excluding hydrogens is 340 g/mol. The van der Waals surface area contributed by atoms with Crippen molar-refractivity contribution in [1.29, 1.82) is 0 Å². The van der Waals surface area contributed by atoms with Gasteiger partial charge in [0.1, 0.15) is 5.75 Å². The van der Waals surface area contributed by atoms with E-state index in [-0.39, 0.29) is 31.3 Å². The van der Waals surface area contributed by atoms with Crippen LogP contribution in [0.1, 0.15) is 31.2 Å². The molecule has 2 heterocycles. The number of carboxylic acid groups (broad SMARTS) is 1. The zero-order valence-corrected chi connectivity index (χ0v) is 14.4. The number of anilines is 1. The second-order valence-corrected chi connectivity index (χ2v) is 6.56. The first-order chi connectivity index (χ1) is 12.5. The van der Waals surface area contributed by atoms with Crippen LogP contribution in [0, 0.1) is 0 Å². The molecule has 3 N–H and O–H groups in total. The molecule has 0 radical (unpaired) electrons. The summed E-state index contributed by atoms with van der Waals surface area (Å²) in [5, 5.41) is 14.7. The minimum atomic E-state index is -1.30. The summed E-state index contributed by atoms with van der Waals surface area (Å²) in [7, 11) is 0. The van der Waals surface area contributed by atoms with Gasteiger partial charge in [0.2, 0.25) is 11.8 Å². The standard InChI is InChI=1S/C18H22N2O6/c21-15-6-3-12-10-13(4-5-14(12)19-15)26-8-1-2-16(22)20-18(17(23)24)7-9-25-11-18/h4-5,10H,1-3,6-9,11H2,(H,19,21)(H,20,22)(H,23,24). The molecule has 8 heteroatoms. The molecule has 2 aliphatic rings. The third-order valence-electron chi connectivity index (χ3n) is 4.60. The quantitative estimate of drug-likeness (QED) is 0.626. The van der Waals surface area contributed by atoms with E-state index in [0.29, 0.717) is 38.2 Å². The van der Waals surface area contributed by atoms with E-state index in [2.05, 4.69) is 10.6 Å². The molecule has 0 aromatic heterocycles. The fourth-order valence-corrected chi connectivity index (χ4v) is 3.09. The van der Waals surface area contributed by atoms with E-state index in [0.717, 1.165) is 11.3 Å². The molecule has 0 aliphatic carbocycles. The van der Waals surface area contributed by atoms with Crippen molar-refractivity contribution in [2.24, 2.45) is 0 Å². The molecule has 1 fully saturated rings. The molecule has 1 unspecified atom stereocenters. The lowest BCUT2D eigenvalue weighted by Crippen LogP contribution is -2.55. The lowest BCUT2D eigenvalue weighted by Gasteiger charge is -2.23. The maximum Gasteiger partial charge on any atom is 0.331 e. The third kappa shape index (κ3) is 4.13. The van der Waals surface area contributed by atoms with E-state index in [1.807, 2.05) is 12.1 Å². The van der Waals surface area contributed by atoms with Crippen molar-refractivity contribution in [3.8, 4) is 5.75 Å². The summed E-state index contributed by atoms with van der Waals surface area (Å²) in [6, 6.07) is 5.48. The summed E-state index contributed by atoms with van der Waals surface area (Å²) in [5.74, 6) is -0.689. The molecule has 1 aromatic carbocycles. The number of ether oxygens (including phenoxy) is 2. The molecule has 8 nitrogen and oxygen atoms in total. The van der Waals surface area contributed by atoms with Crippen LogP contribution in [0.15, 0.2) is 18.2 Å². The second-order valence-electron chi connectivity index (χ2n) is 6.56. The van der Waals surface area contributed by atoms with Gasteiger partial charge < -0.3 is 25.2 Å². The highest BCUT2D eigenvalue weighted by Crippen LogP contribution is 2.27. The number of carbonyl (C=O) groups excluding carboxylic acids is 2. The number of nitrogens with one attached hydrogen (secondary N) is 2. The van der Waals surface area contributed by atoms with Crippen molar-refractivity contribution in [2.75, 3.05) is 25.1 Å². The maximum atomic E-state index is 12.0. The highest BCUT2D eigenvalue weighted by atomic mass is 16.5. The Balaban J connectivity index is 1.43. The van der Waals surface area contributed by atoms with Gasteiger partial charge in [0.15, 0.2) is 5.54 Å². The Bertz CT molecular complexity index is 712. The highest BCUT2D eigenvalue weighted by Gasteiger charge is 2.43. The van der Waals surface area contributed by atoms with E-state index in [4.69, 9.17) is 9.47 Å². The van der Waals surface area contributed by atoms with Gasteiger partial charge in [-0.15, -0.1) is 0 Å². The number of fused-ring (bicyclic) bond motifs is 1. The monoisotopic (exact) mass is 362 g/mol. The van der Waals surface area contributed by atoms with E-state index in [1.54, 1.807) is 6.07 Å². The Morgan fingerprint density at radius 3 is 2.92 bits per heavy atom. The number of amides is 2. The first-order valence-corrected chi connectivity index (χ1v) is 8.66. The lowest BCUT2D eigenvalue weighted by atomic mass is 9.99. The molecule has 0 bridgehead atoms. The van der Waals surface area contributed by atoms with Gasteiger partial charge in [-0.1, -0.05) is 0 Å². The Labute approximate surface area is 150 Å². The van der Waals surface area contributed by atoms with Crippen LogP contribution in [0.25, 0.3) is 0 Å². The summed E-state index contributed by atoms with van der Waals surface area (Å²) in [5.41, 5.74) is 0.538. The summed E-state index contributed by atoms with van der Waals surface area (Å²) >= 11 is 0. The maximum absolute atomic E-state index is 12.0. The van der Waals surface area contributed by atoms with Crippen LogP contribution in [0.2, 0.25) is 0 Å². The number of carboxylic acids is 1. The smallest absolute Gasteiger partial charge is 0.331 e. The van der Waals surface area contributed by atoms with Crippen LogP contribution < -0.4 is 15.4 Å². The Hall–Kier alpha value is -2.61. The van der Waals surface area contributed by atoms with Gasteiger partial charge in [0, 0.05) is 31.6 Å².